The summed E-state index contributed by atoms with van der Waals surface area (Å²) in [4.78, 5) is 20.4. The Hall–Kier alpha value is -1.49. The molecule has 1 fully saturated rings. The van der Waals surface area contributed by atoms with Crippen LogP contribution in [0.15, 0.2) is 33.6 Å². The molecule has 3 heterocycles. The molecule has 0 atom stereocenters. The third kappa shape index (κ3) is 4.57. The van der Waals surface area contributed by atoms with Gasteiger partial charge in [0, 0.05) is 24.7 Å². The van der Waals surface area contributed by atoms with Crippen LogP contribution in [0.4, 0.5) is 5.13 Å². The zero-order valence-corrected chi connectivity index (χ0v) is 16.1. The molecule has 134 valence electrons. The monoisotopic (exact) mass is 398 g/mol. The summed E-state index contributed by atoms with van der Waals surface area (Å²) in [5, 5.41) is 5.76. The lowest BCUT2D eigenvalue weighted by Crippen LogP contribution is -2.27. The van der Waals surface area contributed by atoms with Crippen LogP contribution in [0.1, 0.15) is 18.5 Å². The van der Waals surface area contributed by atoms with Crippen molar-refractivity contribution in [2.45, 2.75) is 29.7 Å². The number of carbonyl (C=O) groups excluding carboxylic acids is 1. The van der Waals surface area contributed by atoms with E-state index in [2.05, 4.69) is 15.3 Å². The number of hydrogen-bond donors (Lipinski definition) is 1. The summed E-state index contributed by atoms with van der Waals surface area (Å²) in [7, 11) is -3.45. The van der Waals surface area contributed by atoms with Crippen molar-refractivity contribution in [2.75, 3.05) is 24.2 Å². The molecular weight excluding hydrogens is 380 g/mol. The molecule has 0 saturated carbocycles. The lowest BCUT2D eigenvalue weighted by molar-refractivity contribution is -0.113. The number of anilines is 1. The fourth-order valence-electron chi connectivity index (χ4n) is 2.39. The summed E-state index contributed by atoms with van der Waals surface area (Å²) in [6, 6.07) is 3.18. The number of rotatable bonds is 6. The van der Waals surface area contributed by atoms with Gasteiger partial charge in [0.2, 0.25) is 15.9 Å². The molecule has 0 aliphatic carbocycles. The number of aryl methyl sites for hydroxylation is 1. The van der Waals surface area contributed by atoms with Gasteiger partial charge in [-0.25, -0.2) is 18.4 Å². The molecule has 1 saturated heterocycles. The van der Waals surface area contributed by atoms with Crippen molar-refractivity contribution < 1.29 is 13.2 Å². The average molecular weight is 399 g/mol. The topological polar surface area (TPSA) is 92.3 Å². The molecule has 2 aromatic rings. The zero-order valence-electron chi connectivity index (χ0n) is 13.6. The van der Waals surface area contributed by atoms with Crippen LogP contribution in [-0.2, 0) is 14.8 Å². The summed E-state index contributed by atoms with van der Waals surface area (Å²) in [6.07, 6.45) is 3.15. The van der Waals surface area contributed by atoms with Crippen molar-refractivity contribution in [3.05, 3.63) is 29.4 Å². The van der Waals surface area contributed by atoms with Crippen LogP contribution in [0.5, 0.6) is 0 Å². The molecular formula is C15H18N4O3S3. The Balaban J connectivity index is 1.56. The fraction of sp³-hybridized carbons (Fsp3) is 0.400. The fourth-order valence-corrected chi connectivity index (χ4v) is 5.20. The summed E-state index contributed by atoms with van der Waals surface area (Å²) in [5.74, 6) is 0.0130. The molecule has 0 aromatic carbocycles. The van der Waals surface area contributed by atoms with Crippen LogP contribution in [0.2, 0.25) is 0 Å². The minimum atomic E-state index is -3.45. The number of carbonyl (C=O) groups is 1. The van der Waals surface area contributed by atoms with Crippen LogP contribution < -0.4 is 5.32 Å². The molecule has 10 heteroatoms. The van der Waals surface area contributed by atoms with E-state index in [9.17, 15) is 13.2 Å². The van der Waals surface area contributed by atoms with E-state index >= 15 is 0 Å². The van der Waals surface area contributed by atoms with Crippen LogP contribution in [0, 0.1) is 6.92 Å². The first-order valence-electron chi connectivity index (χ1n) is 7.76. The SMILES string of the molecule is Cc1csc(NC(=O)CSc2ccc(S(=O)(=O)N3CCCC3)cn2)n1. The third-order valence-corrected chi connectivity index (χ3v) is 7.33. The minimum Gasteiger partial charge on any atom is -0.301 e. The zero-order chi connectivity index (χ0) is 17.9. The van der Waals surface area contributed by atoms with Gasteiger partial charge in [0.25, 0.3) is 0 Å². The van der Waals surface area contributed by atoms with E-state index in [-0.39, 0.29) is 16.6 Å². The summed E-state index contributed by atoms with van der Waals surface area (Å²) >= 11 is 2.63. The van der Waals surface area contributed by atoms with E-state index in [1.807, 2.05) is 12.3 Å². The second-order valence-corrected chi connectivity index (χ2v) is 9.37. The van der Waals surface area contributed by atoms with Crippen LogP contribution >= 0.6 is 23.1 Å². The number of hydrogen-bond acceptors (Lipinski definition) is 7. The van der Waals surface area contributed by atoms with Gasteiger partial charge in [-0.2, -0.15) is 4.31 Å². The highest BCUT2D eigenvalue weighted by Gasteiger charge is 2.27. The molecule has 1 N–H and O–H groups in total. The van der Waals surface area contributed by atoms with E-state index in [1.54, 1.807) is 12.1 Å². The summed E-state index contributed by atoms with van der Waals surface area (Å²) in [6.45, 7) is 2.99. The normalized spacial score (nSPS) is 15.4. The predicted molar refractivity (Wildman–Crippen MR) is 98.4 cm³/mol. The Kier molecular flexibility index (Phi) is 5.72. The highest BCUT2D eigenvalue weighted by molar-refractivity contribution is 7.99. The maximum absolute atomic E-state index is 12.4. The van der Waals surface area contributed by atoms with Crippen molar-refractivity contribution >= 4 is 44.2 Å². The first kappa shape index (κ1) is 18.3. The van der Waals surface area contributed by atoms with Crippen molar-refractivity contribution in [1.29, 1.82) is 0 Å². The number of amides is 1. The van der Waals surface area contributed by atoms with Gasteiger partial charge in [-0.3, -0.25) is 4.79 Å². The maximum Gasteiger partial charge on any atom is 0.244 e. The van der Waals surface area contributed by atoms with Crippen molar-refractivity contribution in [3.63, 3.8) is 0 Å². The number of thioether (sulfide) groups is 1. The van der Waals surface area contributed by atoms with Gasteiger partial charge in [-0.1, -0.05) is 11.8 Å². The maximum atomic E-state index is 12.4. The molecule has 3 rings (SSSR count). The van der Waals surface area contributed by atoms with Gasteiger partial charge in [0.15, 0.2) is 5.13 Å². The lowest BCUT2D eigenvalue weighted by Gasteiger charge is -2.15. The Labute approximate surface area is 154 Å². The molecule has 7 nitrogen and oxygen atoms in total. The highest BCUT2D eigenvalue weighted by Crippen LogP contribution is 2.23. The smallest absolute Gasteiger partial charge is 0.244 e. The van der Waals surface area contributed by atoms with Gasteiger partial charge in [-0.15, -0.1) is 11.3 Å². The highest BCUT2D eigenvalue weighted by atomic mass is 32.2. The first-order chi connectivity index (χ1) is 11.9. The largest absolute Gasteiger partial charge is 0.301 e. The summed E-state index contributed by atoms with van der Waals surface area (Å²) < 4.78 is 26.3. The van der Waals surface area contributed by atoms with E-state index < -0.39 is 10.0 Å². The Bertz CT molecular complexity index is 843. The van der Waals surface area contributed by atoms with Crippen molar-refractivity contribution in [3.8, 4) is 0 Å². The van der Waals surface area contributed by atoms with E-state index in [4.69, 9.17) is 0 Å². The second kappa shape index (κ2) is 7.81. The van der Waals surface area contributed by atoms with E-state index in [1.165, 1.54) is 33.6 Å². The molecule has 0 bridgehead atoms. The standard InChI is InChI=1S/C15H18N4O3S3/c1-11-9-24-15(17-11)18-13(20)10-23-14-5-4-12(8-16-14)25(21,22)19-6-2-3-7-19/h4-5,8-9H,2-3,6-7,10H2,1H3,(H,17,18,20). The first-order valence-corrected chi connectivity index (χ1v) is 11.1. The Morgan fingerprint density at radius 1 is 1.36 bits per heavy atom. The van der Waals surface area contributed by atoms with Crippen molar-refractivity contribution in [2.24, 2.45) is 0 Å². The van der Waals surface area contributed by atoms with Gasteiger partial charge < -0.3 is 5.32 Å². The number of aromatic nitrogens is 2. The number of thiazole rings is 1. The van der Waals surface area contributed by atoms with Gasteiger partial charge in [0.05, 0.1) is 16.5 Å². The van der Waals surface area contributed by atoms with E-state index in [0.29, 0.717) is 23.2 Å². The number of sulfonamides is 1. The molecule has 0 unspecified atom stereocenters. The molecule has 2 aromatic heterocycles. The van der Waals surface area contributed by atoms with Gasteiger partial charge in [-0.05, 0) is 31.9 Å². The number of pyridine rings is 1. The lowest BCUT2D eigenvalue weighted by atomic mass is 10.4. The minimum absolute atomic E-state index is 0.171. The van der Waals surface area contributed by atoms with Gasteiger partial charge >= 0.3 is 0 Å². The quantitative estimate of drug-likeness (QED) is 0.751. The molecule has 1 amide bonds. The van der Waals surface area contributed by atoms with Crippen LogP contribution in [0.25, 0.3) is 0 Å². The Morgan fingerprint density at radius 2 is 2.12 bits per heavy atom. The molecule has 0 spiro atoms. The van der Waals surface area contributed by atoms with Crippen LogP contribution in [-0.4, -0.2) is 47.4 Å². The van der Waals surface area contributed by atoms with Gasteiger partial charge in [0.1, 0.15) is 4.90 Å². The number of nitrogens with one attached hydrogen (secondary N) is 1. The molecule has 1 aliphatic heterocycles. The molecule has 0 radical (unpaired) electrons. The molecule has 1 aliphatic rings. The van der Waals surface area contributed by atoms with Crippen LogP contribution in [0.3, 0.4) is 0 Å². The second-order valence-electron chi connectivity index (χ2n) is 5.57. The van der Waals surface area contributed by atoms with Crippen molar-refractivity contribution in [1.82, 2.24) is 14.3 Å². The predicted octanol–water partition coefficient (Wildman–Crippen LogP) is 2.36. The Morgan fingerprint density at radius 3 is 2.72 bits per heavy atom. The third-order valence-electron chi connectivity index (χ3n) is 3.63. The summed E-state index contributed by atoms with van der Waals surface area (Å²) in [5.41, 5.74) is 0.865. The average Bonchev–Trinajstić information content (AvgIpc) is 3.26. The molecule has 25 heavy (non-hydrogen) atoms. The van der Waals surface area contributed by atoms with E-state index in [0.717, 1.165) is 18.5 Å². The number of nitrogens with zero attached hydrogens (tertiary/aromatic N) is 3.